The fourth-order valence-corrected chi connectivity index (χ4v) is 9.15. The minimum Gasteiger partial charge on any atom is -0.460 e. The van der Waals surface area contributed by atoms with Crippen LogP contribution in [0.1, 0.15) is 109 Å². The monoisotopic (exact) mass is 624 g/mol. The van der Waals surface area contributed by atoms with Gasteiger partial charge >= 0.3 is 23.9 Å². The van der Waals surface area contributed by atoms with Crippen molar-refractivity contribution in [2.75, 3.05) is 0 Å². The van der Waals surface area contributed by atoms with Gasteiger partial charge in [0.1, 0.15) is 11.2 Å². The third-order valence-corrected chi connectivity index (χ3v) is 11.0. The summed E-state index contributed by atoms with van der Waals surface area (Å²) in [5.74, 6) is -0.155. The second-order valence-electron chi connectivity index (χ2n) is 16.6. The third-order valence-electron chi connectivity index (χ3n) is 9.08. The van der Waals surface area contributed by atoms with Crippen LogP contribution in [0.4, 0.5) is 0 Å². The standard InChI is InChI=1S/C18H26O5.C9H18O2.C8H20Si/c1-8-10-6-11(12(7-10)16(20)23-18(3,4)5)13(8)14-9(2)15(19)22-17(14)21;1-6-7(2)8(10)11-9(3,4)5;1-6-8(2)7-9(3,4)5/h8-14H,6-7H2,1-5H3;7H,6H2,1-5H3;8H,6-7H2,1-5H3. The molecule has 2 saturated carbocycles. The summed E-state index contributed by atoms with van der Waals surface area (Å²) in [6.07, 6.45) is 3.97. The molecule has 3 aliphatic rings. The molecule has 3 fully saturated rings. The largest absolute Gasteiger partial charge is 0.460 e. The topological polar surface area (TPSA) is 96.0 Å². The lowest BCUT2D eigenvalue weighted by molar-refractivity contribution is -0.165. The molecule has 43 heavy (non-hydrogen) atoms. The maximum Gasteiger partial charge on any atom is 0.317 e. The maximum atomic E-state index is 12.5. The smallest absolute Gasteiger partial charge is 0.317 e. The van der Waals surface area contributed by atoms with Gasteiger partial charge in [-0.15, -0.1) is 0 Å². The quantitative estimate of drug-likeness (QED) is 0.122. The molecule has 0 aromatic carbocycles. The molecule has 7 nitrogen and oxygen atoms in total. The lowest BCUT2D eigenvalue weighted by atomic mass is 9.66. The predicted octanol–water partition coefficient (Wildman–Crippen LogP) is 8.32. The van der Waals surface area contributed by atoms with Gasteiger partial charge in [0.05, 0.1) is 23.7 Å². The van der Waals surface area contributed by atoms with E-state index in [0.29, 0.717) is 11.8 Å². The van der Waals surface area contributed by atoms with Crippen molar-refractivity contribution in [1.29, 1.82) is 0 Å². The number of carbonyl (C=O) groups is 4. The van der Waals surface area contributed by atoms with Crippen LogP contribution in [0.3, 0.4) is 0 Å². The van der Waals surface area contributed by atoms with Gasteiger partial charge < -0.3 is 14.2 Å². The Labute approximate surface area is 264 Å². The Morgan fingerprint density at radius 1 is 0.884 bits per heavy atom. The van der Waals surface area contributed by atoms with Crippen molar-refractivity contribution in [3.63, 3.8) is 0 Å². The summed E-state index contributed by atoms with van der Waals surface area (Å²) in [6, 6.07) is 1.49. The first-order chi connectivity index (χ1) is 19.4. The first kappa shape index (κ1) is 39.3. The summed E-state index contributed by atoms with van der Waals surface area (Å²) in [5.41, 5.74) is -0.851. The normalized spacial score (nSPS) is 29.9. The average Bonchev–Trinajstić information content (AvgIpc) is 3.47. The van der Waals surface area contributed by atoms with Crippen molar-refractivity contribution in [2.45, 2.75) is 146 Å². The molecule has 0 aromatic heterocycles. The number of carbonyl (C=O) groups excluding carboxylic acids is 4. The van der Waals surface area contributed by atoms with E-state index in [1.54, 1.807) is 6.92 Å². The highest BCUT2D eigenvalue weighted by molar-refractivity contribution is 6.76. The SMILES string of the molecule is CC1C(=O)OC(=O)C1C1C(C)C2CC(C(=O)OC(C)(C)C)C1C2.CCC(C)C(=O)OC(C)(C)C.CCC(C)C[Si](C)(C)C. The number of fused-ring (bicyclic) bond motifs is 2. The molecule has 0 radical (unpaired) electrons. The van der Waals surface area contributed by atoms with Crippen LogP contribution in [0.25, 0.3) is 0 Å². The summed E-state index contributed by atoms with van der Waals surface area (Å²) in [4.78, 5) is 47.6. The highest BCUT2D eigenvalue weighted by Gasteiger charge is 2.60. The zero-order valence-electron chi connectivity index (χ0n) is 30.1. The van der Waals surface area contributed by atoms with Gasteiger partial charge in [-0.05, 0) is 90.4 Å². The number of cyclic esters (lactones) is 2. The highest BCUT2D eigenvalue weighted by Crippen LogP contribution is 2.59. The van der Waals surface area contributed by atoms with Gasteiger partial charge in [0.25, 0.3) is 0 Å². The molecule has 8 heteroatoms. The number of esters is 4. The van der Waals surface area contributed by atoms with E-state index in [0.717, 1.165) is 25.2 Å². The summed E-state index contributed by atoms with van der Waals surface area (Å²) in [6.45, 7) is 31.0. The fraction of sp³-hybridized carbons (Fsp3) is 0.886. The second-order valence-corrected chi connectivity index (χ2v) is 22.2. The first-order valence-corrected chi connectivity index (χ1v) is 20.3. The van der Waals surface area contributed by atoms with Crippen LogP contribution >= 0.6 is 0 Å². The van der Waals surface area contributed by atoms with E-state index in [2.05, 4.69) is 40.4 Å². The number of hydrogen-bond donors (Lipinski definition) is 0. The Kier molecular flexibility index (Phi) is 14.2. The van der Waals surface area contributed by atoms with E-state index in [-0.39, 0.29) is 41.2 Å². The van der Waals surface area contributed by atoms with Crippen molar-refractivity contribution in [3.05, 3.63) is 0 Å². The van der Waals surface area contributed by atoms with E-state index in [4.69, 9.17) is 14.2 Å². The second kappa shape index (κ2) is 15.5. The zero-order chi connectivity index (χ0) is 33.7. The molecule has 1 aliphatic heterocycles. The summed E-state index contributed by atoms with van der Waals surface area (Å²) < 4.78 is 15.6. The van der Waals surface area contributed by atoms with Gasteiger partial charge in [0.2, 0.25) is 0 Å². The Morgan fingerprint density at radius 2 is 1.42 bits per heavy atom. The Hall–Kier alpha value is -1.70. The molecule has 250 valence electrons. The molecule has 0 N–H and O–H groups in total. The van der Waals surface area contributed by atoms with E-state index in [9.17, 15) is 19.2 Å². The van der Waals surface area contributed by atoms with Crippen LogP contribution in [0.15, 0.2) is 0 Å². The Balaban J connectivity index is 0.000000387. The van der Waals surface area contributed by atoms with Crippen LogP contribution in [0.2, 0.25) is 25.7 Å². The molecule has 0 amide bonds. The molecule has 2 aliphatic carbocycles. The fourth-order valence-electron chi connectivity index (χ4n) is 6.77. The molecular formula is C35H64O7Si. The molecular weight excluding hydrogens is 560 g/mol. The van der Waals surface area contributed by atoms with Gasteiger partial charge in [-0.1, -0.05) is 73.6 Å². The van der Waals surface area contributed by atoms with Crippen LogP contribution < -0.4 is 0 Å². The van der Waals surface area contributed by atoms with Crippen LogP contribution in [-0.4, -0.2) is 43.2 Å². The lowest BCUT2D eigenvalue weighted by Gasteiger charge is -2.37. The van der Waals surface area contributed by atoms with Gasteiger partial charge in [0, 0.05) is 8.07 Å². The number of ether oxygens (including phenoxy) is 3. The molecule has 2 bridgehead atoms. The van der Waals surface area contributed by atoms with Crippen LogP contribution in [-0.2, 0) is 33.4 Å². The van der Waals surface area contributed by atoms with Crippen LogP contribution in [0, 0.1) is 53.3 Å². The molecule has 0 aromatic rings. The molecule has 1 heterocycles. The first-order valence-electron chi connectivity index (χ1n) is 16.6. The lowest BCUT2D eigenvalue weighted by Crippen LogP contribution is -2.41. The minimum atomic E-state index is -0.741. The minimum absolute atomic E-state index is 0.0224. The zero-order valence-corrected chi connectivity index (χ0v) is 31.1. The van der Waals surface area contributed by atoms with E-state index in [1.165, 1.54) is 12.5 Å². The third kappa shape index (κ3) is 12.3. The number of rotatable bonds is 7. The van der Waals surface area contributed by atoms with E-state index < -0.39 is 37.4 Å². The highest BCUT2D eigenvalue weighted by atomic mass is 28.3. The average molecular weight is 625 g/mol. The van der Waals surface area contributed by atoms with E-state index >= 15 is 0 Å². The van der Waals surface area contributed by atoms with Crippen molar-refractivity contribution in [3.8, 4) is 0 Å². The molecule has 0 spiro atoms. The van der Waals surface area contributed by atoms with Crippen LogP contribution in [0.5, 0.6) is 0 Å². The van der Waals surface area contributed by atoms with Gasteiger partial charge in [-0.25, -0.2) is 0 Å². The van der Waals surface area contributed by atoms with Crippen molar-refractivity contribution >= 4 is 32.0 Å². The summed E-state index contributed by atoms with van der Waals surface area (Å²) >= 11 is 0. The van der Waals surface area contributed by atoms with Crippen molar-refractivity contribution < 1.29 is 33.4 Å². The summed E-state index contributed by atoms with van der Waals surface area (Å²) in [7, 11) is -0.741. The van der Waals surface area contributed by atoms with Gasteiger partial charge in [-0.3, -0.25) is 19.2 Å². The number of hydrogen-bond acceptors (Lipinski definition) is 7. The maximum absolute atomic E-state index is 12.5. The van der Waals surface area contributed by atoms with Gasteiger partial charge in [-0.2, -0.15) is 0 Å². The summed E-state index contributed by atoms with van der Waals surface area (Å²) in [5, 5.41) is 0. The molecule has 3 rings (SSSR count). The van der Waals surface area contributed by atoms with E-state index in [1.807, 2.05) is 55.4 Å². The molecule has 9 atom stereocenters. The molecule has 1 saturated heterocycles. The molecule has 9 unspecified atom stereocenters. The predicted molar refractivity (Wildman–Crippen MR) is 175 cm³/mol. The van der Waals surface area contributed by atoms with Crippen molar-refractivity contribution in [2.24, 2.45) is 53.3 Å². The van der Waals surface area contributed by atoms with Crippen molar-refractivity contribution in [1.82, 2.24) is 0 Å². The van der Waals surface area contributed by atoms with Gasteiger partial charge in [0.15, 0.2) is 0 Å². The Morgan fingerprint density at radius 3 is 1.77 bits per heavy atom. The Bertz CT molecular complexity index is 955.